The van der Waals surface area contributed by atoms with E-state index in [2.05, 4.69) is 16.7 Å². The fourth-order valence-electron chi connectivity index (χ4n) is 3.94. The smallest absolute Gasteiger partial charge is 0.293 e. The van der Waals surface area contributed by atoms with Crippen LogP contribution >= 0.6 is 11.8 Å². The molecule has 0 spiro atoms. The number of rotatable bonds is 6. The van der Waals surface area contributed by atoms with Crippen LogP contribution in [0.2, 0.25) is 0 Å². The molecule has 33 heavy (non-hydrogen) atoms. The van der Waals surface area contributed by atoms with Gasteiger partial charge in [-0.2, -0.15) is 0 Å². The number of aromatic nitrogens is 1. The van der Waals surface area contributed by atoms with Gasteiger partial charge in [0, 0.05) is 34.8 Å². The largest absolute Gasteiger partial charge is 0.342 e. The van der Waals surface area contributed by atoms with Crippen molar-refractivity contribution < 1.29 is 14.4 Å². The molecule has 1 aromatic heterocycles. The molecule has 0 saturated carbocycles. The van der Waals surface area contributed by atoms with Crippen LogP contribution in [0.25, 0.3) is 17.0 Å². The standard InChI is InChI=1S/C27H20N2O3S/c30-24(20-11-5-2-6-12-20)18-29-26(31)25(33-27(29)32)15-21-17-28(16-19-9-3-1-4-10-19)23-14-8-7-13-22(21)23/h1-15,17H,16,18H2/b25-15-. The number of ketones is 1. The van der Waals surface area contributed by atoms with Crippen LogP contribution in [0.1, 0.15) is 21.5 Å². The molecular weight excluding hydrogens is 432 g/mol. The van der Waals surface area contributed by atoms with Crippen molar-refractivity contribution in [2.75, 3.05) is 6.54 Å². The molecule has 162 valence electrons. The minimum Gasteiger partial charge on any atom is -0.342 e. The number of fused-ring (bicyclic) bond motifs is 1. The van der Waals surface area contributed by atoms with E-state index in [-0.39, 0.29) is 12.3 Å². The molecule has 6 heteroatoms. The highest BCUT2D eigenvalue weighted by atomic mass is 32.2. The zero-order valence-corrected chi connectivity index (χ0v) is 18.5. The van der Waals surface area contributed by atoms with Gasteiger partial charge in [0.2, 0.25) is 0 Å². The summed E-state index contributed by atoms with van der Waals surface area (Å²) in [5.74, 6) is -0.701. The number of amides is 2. The lowest BCUT2D eigenvalue weighted by molar-refractivity contribution is -0.122. The average Bonchev–Trinajstić information content (AvgIpc) is 3.32. The van der Waals surface area contributed by atoms with E-state index in [1.807, 2.05) is 54.7 Å². The molecule has 1 aliphatic heterocycles. The quantitative estimate of drug-likeness (QED) is 0.282. The molecule has 0 atom stereocenters. The third-order valence-corrected chi connectivity index (χ3v) is 6.48. The lowest BCUT2D eigenvalue weighted by atomic mass is 10.1. The van der Waals surface area contributed by atoms with Crippen LogP contribution in [0.5, 0.6) is 0 Å². The third kappa shape index (κ3) is 4.25. The van der Waals surface area contributed by atoms with Crippen LogP contribution in [0.15, 0.2) is 96.0 Å². The number of carbonyl (C=O) groups is 3. The van der Waals surface area contributed by atoms with E-state index in [0.717, 1.165) is 33.1 Å². The summed E-state index contributed by atoms with van der Waals surface area (Å²) in [6, 6.07) is 26.8. The number of benzene rings is 3. The Balaban J connectivity index is 1.43. The second-order valence-corrected chi connectivity index (χ2v) is 8.77. The highest BCUT2D eigenvalue weighted by molar-refractivity contribution is 8.18. The summed E-state index contributed by atoms with van der Waals surface area (Å²) in [4.78, 5) is 39.4. The number of hydrogen-bond donors (Lipinski definition) is 0. The molecule has 3 aromatic carbocycles. The monoisotopic (exact) mass is 452 g/mol. The number of carbonyl (C=O) groups excluding carboxylic acids is 3. The molecular formula is C27H20N2O3S. The van der Waals surface area contributed by atoms with Gasteiger partial charge in [0.25, 0.3) is 11.1 Å². The highest BCUT2D eigenvalue weighted by Gasteiger charge is 2.36. The average molecular weight is 453 g/mol. The molecule has 4 aromatic rings. The SMILES string of the molecule is O=C(CN1C(=O)S/C(=C\c2cn(Cc3ccccc3)c3ccccc23)C1=O)c1ccccc1. The Kier molecular flexibility index (Phi) is 5.67. The minimum atomic E-state index is -0.436. The lowest BCUT2D eigenvalue weighted by Gasteiger charge is -2.11. The lowest BCUT2D eigenvalue weighted by Crippen LogP contribution is -2.33. The van der Waals surface area contributed by atoms with Gasteiger partial charge in [0.1, 0.15) is 0 Å². The number of hydrogen-bond acceptors (Lipinski definition) is 4. The van der Waals surface area contributed by atoms with Crippen molar-refractivity contribution in [3.05, 3.63) is 113 Å². The van der Waals surface area contributed by atoms with Crippen LogP contribution < -0.4 is 0 Å². The van der Waals surface area contributed by atoms with Gasteiger partial charge in [-0.15, -0.1) is 0 Å². The molecule has 5 rings (SSSR count). The number of para-hydroxylation sites is 1. The Morgan fingerprint density at radius 2 is 1.52 bits per heavy atom. The first-order valence-corrected chi connectivity index (χ1v) is 11.4. The molecule has 0 N–H and O–H groups in total. The van der Waals surface area contributed by atoms with Gasteiger partial charge in [0.05, 0.1) is 11.4 Å². The molecule has 0 radical (unpaired) electrons. The molecule has 0 aliphatic carbocycles. The molecule has 1 saturated heterocycles. The van der Waals surface area contributed by atoms with Crippen LogP contribution in [0.4, 0.5) is 4.79 Å². The van der Waals surface area contributed by atoms with Crippen molar-refractivity contribution in [2.45, 2.75) is 6.54 Å². The van der Waals surface area contributed by atoms with Crippen molar-refractivity contribution in [3.63, 3.8) is 0 Å². The van der Waals surface area contributed by atoms with E-state index in [0.29, 0.717) is 17.0 Å². The Bertz CT molecular complexity index is 1390. The van der Waals surface area contributed by atoms with Gasteiger partial charge in [0.15, 0.2) is 5.78 Å². The van der Waals surface area contributed by atoms with E-state index >= 15 is 0 Å². The minimum absolute atomic E-state index is 0.262. The van der Waals surface area contributed by atoms with Crippen LogP contribution in [-0.2, 0) is 11.3 Å². The zero-order valence-electron chi connectivity index (χ0n) is 17.7. The molecule has 1 aliphatic rings. The predicted molar refractivity (Wildman–Crippen MR) is 131 cm³/mol. The van der Waals surface area contributed by atoms with Crippen molar-refractivity contribution in [1.82, 2.24) is 9.47 Å². The molecule has 0 unspecified atom stereocenters. The summed E-state index contributed by atoms with van der Waals surface area (Å²) in [7, 11) is 0. The predicted octanol–water partition coefficient (Wildman–Crippen LogP) is 5.61. The first-order valence-electron chi connectivity index (χ1n) is 10.6. The molecule has 2 heterocycles. The van der Waals surface area contributed by atoms with E-state index < -0.39 is 11.1 Å². The van der Waals surface area contributed by atoms with Crippen molar-refractivity contribution in [3.8, 4) is 0 Å². The second kappa shape index (κ2) is 8.92. The van der Waals surface area contributed by atoms with Gasteiger partial charge in [-0.3, -0.25) is 19.3 Å². The van der Waals surface area contributed by atoms with Gasteiger partial charge in [-0.1, -0.05) is 78.9 Å². The summed E-state index contributed by atoms with van der Waals surface area (Å²) in [6.45, 7) is 0.435. The number of Topliss-reactive ketones (excluding diaryl/α,β-unsaturated/α-hetero) is 1. The molecule has 1 fully saturated rings. The van der Waals surface area contributed by atoms with Crippen molar-refractivity contribution in [2.24, 2.45) is 0 Å². The summed E-state index contributed by atoms with van der Waals surface area (Å²) in [6.07, 6.45) is 3.75. The van der Waals surface area contributed by atoms with E-state index in [1.165, 1.54) is 5.56 Å². The molecule has 2 amide bonds. The van der Waals surface area contributed by atoms with Crippen molar-refractivity contribution in [1.29, 1.82) is 0 Å². The fourth-order valence-corrected chi connectivity index (χ4v) is 4.77. The second-order valence-electron chi connectivity index (χ2n) is 7.77. The first-order chi connectivity index (χ1) is 16.1. The fraction of sp³-hybridized carbons (Fsp3) is 0.0741. The summed E-state index contributed by atoms with van der Waals surface area (Å²) < 4.78 is 2.14. The molecule has 5 nitrogen and oxygen atoms in total. The summed E-state index contributed by atoms with van der Waals surface area (Å²) in [5, 5.41) is 0.573. The molecule has 0 bridgehead atoms. The van der Waals surface area contributed by atoms with Crippen LogP contribution in [-0.4, -0.2) is 32.9 Å². The Labute approximate surface area is 195 Å². The Hall–Kier alpha value is -3.90. The first kappa shape index (κ1) is 21.0. The van der Waals surface area contributed by atoms with Gasteiger partial charge in [-0.05, 0) is 29.5 Å². The summed E-state index contributed by atoms with van der Waals surface area (Å²) >= 11 is 0.873. The van der Waals surface area contributed by atoms with Crippen molar-refractivity contribution >= 4 is 45.7 Å². The maximum atomic E-state index is 13.0. The number of nitrogens with zero attached hydrogens (tertiary/aromatic N) is 2. The van der Waals surface area contributed by atoms with E-state index in [9.17, 15) is 14.4 Å². The van der Waals surface area contributed by atoms with E-state index in [4.69, 9.17) is 0 Å². The van der Waals surface area contributed by atoms with Gasteiger partial charge >= 0.3 is 0 Å². The third-order valence-electron chi connectivity index (χ3n) is 5.57. The normalized spacial score (nSPS) is 15.0. The topological polar surface area (TPSA) is 59.4 Å². The number of imide groups is 1. The zero-order chi connectivity index (χ0) is 22.8. The van der Waals surface area contributed by atoms with Crippen LogP contribution in [0.3, 0.4) is 0 Å². The Morgan fingerprint density at radius 3 is 2.27 bits per heavy atom. The van der Waals surface area contributed by atoms with E-state index in [1.54, 1.807) is 30.3 Å². The maximum absolute atomic E-state index is 13.0. The van der Waals surface area contributed by atoms with Crippen LogP contribution in [0, 0.1) is 0 Å². The Morgan fingerprint density at radius 1 is 0.848 bits per heavy atom. The number of thioether (sulfide) groups is 1. The summed E-state index contributed by atoms with van der Waals surface area (Å²) in [5.41, 5.74) is 3.56. The highest BCUT2D eigenvalue weighted by Crippen LogP contribution is 2.34. The maximum Gasteiger partial charge on any atom is 0.293 e. The van der Waals surface area contributed by atoms with Gasteiger partial charge in [-0.25, -0.2) is 0 Å². The van der Waals surface area contributed by atoms with Gasteiger partial charge < -0.3 is 4.57 Å².